The number of aromatic nitrogens is 2. The zero-order valence-corrected chi connectivity index (χ0v) is 13.9. The molecule has 0 aliphatic rings. The number of H-pyrrole nitrogens is 1. The van der Waals surface area contributed by atoms with Gasteiger partial charge in [0.2, 0.25) is 5.91 Å². The number of hydrogen-bond donors (Lipinski definition) is 3. The number of aromatic amines is 1. The molecule has 2 aromatic rings. The van der Waals surface area contributed by atoms with Crippen LogP contribution in [-0.2, 0) is 4.79 Å². The lowest BCUT2D eigenvalue weighted by atomic mass is 10.3. The molecule has 10 heteroatoms. The molecule has 2 rings (SSSR count). The Balaban J connectivity index is 2.01. The van der Waals surface area contributed by atoms with Crippen molar-refractivity contribution in [2.45, 2.75) is 5.16 Å². The molecule has 0 saturated carbocycles. The Morgan fingerprint density at radius 1 is 1.23 bits per heavy atom. The van der Waals surface area contributed by atoms with Crippen LogP contribution in [0.25, 0.3) is 0 Å². The van der Waals surface area contributed by atoms with Gasteiger partial charge in [-0.15, -0.1) is 0 Å². The van der Waals surface area contributed by atoms with Gasteiger partial charge in [-0.25, -0.2) is 4.98 Å². The van der Waals surface area contributed by atoms with E-state index in [2.05, 4.69) is 15.3 Å². The van der Waals surface area contributed by atoms with Gasteiger partial charge in [0.05, 0.1) is 26.5 Å². The maximum Gasteiger partial charge on any atom is 0.253 e. The Kier molecular flexibility index (Phi) is 5.57. The summed E-state index contributed by atoms with van der Waals surface area (Å²) in [6.45, 7) is 0. The van der Waals surface area contributed by atoms with E-state index in [1.54, 1.807) is 0 Å². The number of carbonyl (C=O) groups excluding carboxylic acids is 1. The summed E-state index contributed by atoms with van der Waals surface area (Å²) in [4.78, 5) is 29.5. The molecule has 0 fully saturated rings. The van der Waals surface area contributed by atoms with Crippen molar-refractivity contribution in [3.8, 4) is 0 Å². The zero-order valence-electron chi connectivity index (χ0n) is 10.8. The number of rotatable bonds is 4. The van der Waals surface area contributed by atoms with E-state index in [1.165, 1.54) is 12.1 Å². The summed E-state index contributed by atoms with van der Waals surface area (Å²) in [5.41, 5.74) is 5.41. The smallest absolute Gasteiger partial charge is 0.253 e. The number of anilines is 2. The SMILES string of the molecule is Nc1cc(=O)[nH]c(SCC(=O)Nc2cc(Cl)c(Cl)cc2Cl)n1. The maximum absolute atomic E-state index is 11.9. The molecule has 0 aliphatic heterocycles. The van der Waals surface area contributed by atoms with Crippen molar-refractivity contribution < 1.29 is 4.79 Å². The topological polar surface area (TPSA) is 101 Å². The molecule has 1 aromatic carbocycles. The van der Waals surface area contributed by atoms with Gasteiger partial charge in [0.25, 0.3) is 5.56 Å². The van der Waals surface area contributed by atoms with Gasteiger partial charge in [-0.05, 0) is 12.1 Å². The number of hydrogen-bond acceptors (Lipinski definition) is 5. The minimum absolute atomic E-state index is 0.00294. The minimum Gasteiger partial charge on any atom is -0.383 e. The molecule has 0 bridgehead atoms. The molecule has 4 N–H and O–H groups in total. The van der Waals surface area contributed by atoms with Crippen molar-refractivity contribution >= 4 is 64.0 Å². The van der Waals surface area contributed by atoms with Crippen molar-refractivity contribution in [2.24, 2.45) is 0 Å². The van der Waals surface area contributed by atoms with Gasteiger partial charge in [-0.1, -0.05) is 46.6 Å². The molecule has 0 radical (unpaired) electrons. The van der Waals surface area contributed by atoms with E-state index in [-0.39, 0.29) is 38.2 Å². The summed E-state index contributed by atoms with van der Waals surface area (Å²) in [6, 6.07) is 4.04. The number of nitrogens with zero attached hydrogens (tertiary/aromatic N) is 1. The first kappa shape index (κ1) is 17.0. The number of nitrogens with two attached hydrogens (primary N) is 1. The van der Waals surface area contributed by atoms with E-state index in [0.717, 1.165) is 17.8 Å². The molecule has 6 nitrogen and oxygen atoms in total. The highest BCUT2D eigenvalue weighted by Crippen LogP contribution is 2.32. The average molecular weight is 380 g/mol. The first-order chi connectivity index (χ1) is 10.3. The third-order valence-corrected chi connectivity index (χ3v) is 4.27. The van der Waals surface area contributed by atoms with Crippen LogP contribution in [0.2, 0.25) is 15.1 Å². The van der Waals surface area contributed by atoms with E-state index >= 15 is 0 Å². The Morgan fingerprint density at radius 2 is 1.91 bits per heavy atom. The molecular formula is C12H9Cl3N4O2S. The fourth-order valence-electron chi connectivity index (χ4n) is 1.46. The number of thioether (sulfide) groups is 1. The van der Waals surface area contributed by atoms with E-state index < -0.39 is 0 Å². The van der Waals surface area contributed by atoms with Crippen LogP contribution in [0.5, 0.6) is 0 Å². The minimum atomic E-state index is -0.386. The lowest BCUT2D eigenvalue weighted by Gasteiger charge is -2.08. The van der Waals surface area contributed by atoms with Crippen LogP contribution in [0.15, 0.2) is 28.2 Å². The average Bonchev–Trinajstić information content (AvgIpc) is 2.41. The summed E-state index contributed by atoms with van der Waals surface area (Å²) in [5.74, 6) is -0.266. The molecule has 0 aliphatic carbocycles. The number of nitrogens with one attached hydrogen (secondary N) is 2. The highest BCUT2D eigenvalue weighted by atomic mass is 35.5. The molecule has 0 saturated heterocycles. The van der Waals surface area contributed by atoms with Crippen LogP contribution >= 0.6 is 46.6 Å². The second kappa shape index (κ2) is 7.23. The van der Waals surface area contributed by atoms with Crippen LogP contribution < -0.4 is 16.6 Å². The summed E-state index contributed by atoms with van der Waals surface area (Å²) < 4.78 is 0. The van der Waals surface area contributed by atoms with Crippen LogP contribution in [0.1, 0.15) is 0 Å². The number of nitrogen functional groups attached to an aromatic ring is 1. The Hall–Kier alpha value is -1.41. The van der Waals surface area contributed by atoms with Crippen LogP contribution in [0, 0.1) is 0 Å². The zero-order chi connectivity index (χ0) is 16.3. The molecule has 0 unspecified atom stereocenters. The van der Waals surface area contributed by atoms with Crippen molar-refractivity contribution in [1.29, 1.82) is 0 Å². The summed E-state index contributed by atoms with van der Waals surface area (Å²) in [5, 5.41) is 3.68. The monoisotopic (exact) mass is 378 g/mol. The normalized spacial score (nSPS) is 10.5. The van der Waals surface area contributed by atoms with Gasteiger partial charge in [0.15, 0.2) is 5.16 Å². The second-order valence-corrected chi connectivity index (χ2v) is 6.24. The molecule has 0 spiro atoms. The van der Waals surface area contributed by atoms with E-state index in [4.69, 9.17) is 40.5 Å². The summed E-state index contributed by atoms with van der Waals surface area (Å²) in [6.07, 6.45) is 0. The molecular weight excluding hydrogens is 371 g/mol. The number of benzene rings is 1. The van der Waals surface area contributed by atoms with E-state index in [0.29, 0.717) is 10.7 Å². The Bertz CT molecular complexity index is 781. The first-order valence-corrected chi connectivity index (χ1v) is 7.91. The summed E-state index contributed by atoms with van der Waals surface area (Å²) in [7, 11) is 0. The van der Waals surface area contributed by atoms with Gasteiger partial charge >= 0.3 is 0 Å². The number of halogens is 3. The van der Waals surface area contributed by atoms with Crippen LogP contribution in [-0.4, -0.2) is 21.6 Å². The van der Waals surface area contributed by atoms with Gasteiger partial charge in [0.1, 0.15) is 5.82 Å². The molecule has 116 valence electrons. The van der Waals surface area contributed by atoms with Crippen molar-refractivity contribution in [3.05, 3.63) is 43.6 Å². The highest BCUT2D eigenvalue weighted by Gasteiger charge is 2.10. The maximum atomic E-state index is 11.9. The predicted molar refractivity (Wildman–Crippen MR) is 90.1 cm³/mol. The molecule has 1 aromatic heterocycles. The van der Waals surface area contributed by atoms with Gasteiger partial charge in [0, 0.05) is 6.07 Å². The second-order valence-electron chi connectivity index (χ2n) is 4.06. The van der Waals surface area contributed by atoms with Gasteiger partial charge in [-0.2, -0.15) is 0 Å². The Morgan fingerprint density at radius 3 is 2.59 bits per heavy atom. The third-order valence-electron chi connectivity index (χ3n) is 2.36. The predicted octanol–water partition coefficient (Wildman–Crippen LogP) is 3.04. The fraction of sp³-hybridized carbons (Fsp3) is 0.0833. The first-order valence-electron chi connectivity index (χ1n) is 5.79. The quantitative estimate of drug-likeness (QED) is 0.430. The molecule has 1 heterocycles. The van der Waals surface area contributed by atoms with Crippen LogP contribution in [0.4, 0.5) is 11.5 Å². The van der Waals surface area contributed by atoms with Crippen LogP contribution in [0.3, 0.4) is 0 Å². The third kappa shape index (κ3) is 4.54. The summed E-state index contributed by atoms with van der Waals surface area (Å²) >= 11 is 18.7. The van der Waals surface area contributed by atoms with E-state index in [1.807, 2.05) is 0 Å². The van der Waals surface area contributed by atoms with E-state index in [9.17, 15) is 9.59 Å². The largest absolute Gasteiger partial charge is 0.383 e. The molecule has 1 amide bonds. The number of amides is 1. The van der Waals surface area contributed by atoms with Crippen molar-refractivity contribution in [1.82, 2.24) is 9.97 Å². The highest BCUT2D eigenvalue weighted by molar-refractivity contribution is 7.99. The fourth-order valence-corrected chi connectivity index (χ4v) is 2.74. The Labute approximate surface area is 144 Å². The lowest BCUT2D eigenvalue weighted by molar-refractivity contribution is -0.113. The lowest BCUT2D eigenvalue weighted by Crippen LogP contribution is -2.16. The molecule has 22 heavy (non-hydrogen) atoms. The number of carbonyl (C=O) groups is 1. The molecule has 0 atom stereocenters. The van der Waals surface area contributed by atoms with Gasteiger partial charge < -0.3 is 16.0 Å². The van der Waals surface area contributed by atoms with Crippen molar-refractivity contribution in [2.75, 3.05) is 16.8 Å². The van der Waals surface area contributed by atoms with Gasteiger partial charge in [-0.3, -0.25) is 9.59 Å². The van der Waals surface area contributed by atoms with Crippen molar-refractivity contribution in [3.63, 3.8) is 0 Å². The standard InChI is InChI=1S/C12H9Cl3N4O2S/c13-5-1-7(15)8(2-6(5)14)17-11(21)4-22-12-18-9(16)3-10(20)19-12/h1-3H,4H2,(H,17,21)(H3,16,18,19,20).